The highest BCUT2D eigenvalue weighted by Crippen LogP contribution is 2.35. The Labute approximate surface area is 102 Å². The zero-order valence-electron chi connectivity index (χ0n) is 6.73. The lowest BCUT2D eigenvalue weighted by Gasteiger charge is -2.02. The minimum Gasteiger partial charge on any atom is -0.205 e. The normalized spacial score (nSPS) is 11.5. The molecule has 1 heterocycles. The van der Waals surface area contributed by atoms with Gasteiger partial charge in [-0.1, -0.05) is 11.6 Å². The van der Waals surface area contributed by atoms with E-state index in [1.165, 1.54) is 17.4 Å². The number of hydrogen-bond acceptors (Lipinski definition) is 1. The van der Waals surface area contributed by atoms with Gasteiger partial charge in [-0.15, -0.1) is 11.3 Å². The molecule has 5 heteroatoms. The third kappa shape index (κ3) is 1.75. The number of alkyl halides is 2. The second-order valence-electron chi connectivity index (χ2n) is 2.75. The van der Waals surface area contributed by atoms with E-state index in [0.717, 1.165) is 13.7 Å². The SMILES string of the molecule is FC(F)c1cc2c(I)csc2cc1Cl. The van der Waals surface area contributed by atoms with Crippen LogP contribution < -0.4 is 0 Å². The molecule has 0 atom stereocenters. The van der Waals surface area contributed by atoms with Crippen molar-refractivity contribution >= 4 is 55.6 Å². The summed E-state index contributed by atoms with van der Waals surface area (Å²) in [6.07, 6.45) is -2.51. The molecular weight excluding hydrogens is 341 g/mol. The second-order valence-corrected chi connectivity index (χ2v) is 5.23. The van der Waals surface area contributed by atoms with Crippen molar-refractivity contribution < 1.29 is 8.78 Å². The predicted octanol–water partition coefficient (Wildman–Crippen LogP) is 5.10. The number of hydrogen-bond donors (Lipinski definition) is 0. The van der Waals surface area contributed by atoms with Crippen molar-refractivity contribution in [2.24, 2.45) is 0 Å². The molecule has 14 heavy (non-hydrogen) atoms. The van der Waals surface area contributed by atoms with Crippen molar-refractivity contribution in [3.05, 3.63) is 31.7 Å². The number of fused-ring (bicyclic) bond motifs is 1. The lowest BCUT2D eigenvalue weighted by molar-refractivity contribution is 0.151. The first kappa shape index (κ1) is 10.6. The average Bonchev–Trinajstić information content (AvgIpc) is 2.46. The standard InChI is InChI=1S/C9H4ClF2IS/c10-6-2-8-5(7(13)3-14-8)1-4(6)9(11)12/h1-3,9H. The van der Waals surface area contributed by atoms with E-state index in [1.807, 2.05) is 5.38 Å². The van der Waals surface area contributed by atoms with E-state index >= 15 is 0 Å². The van der Waals surface area contributed by atoms with E-state index < -0.39 is 6.43 Å². The molecule has 0 bridgehead atoms. The largest absolute Gasteiger partial charge is 0.265 e. The Morgan fingerprint density at radius 1 is 1.36 bits per heavy atom. The molecule has 1 aromatic heterocycles. The van der Waals surface area contributed by atoms with Crippen LogP contribution in [0.1, 0.15) is 12.0 Å². The predicted molar refractivity (Wildman–Crippen MR) is 64.5 cm³/mol. The van der Waals surface area contributed by atoms with E-state index in [9.17, 15) is 8.78 Å². The van der Waals surface area contributed by atoms with Crippen LogP contribution >= 0.6 is 45.5 Å². The Morgan fingerprint density at radius 2 is 2.07 bits per heavy atom. The molecule has 0 fully saturated rings. The summed E-state index contributed by atoms with van der Waals surface area (Å²) in [6, 6.07) is 3.08. The zero-order chi connectivity index (χ0) is 10.3. The van der Waals surface area contributed by atoms with E-state index in [1.54, 1.807) is 6.07 Å². The van der Waals surface area contributed by atoms with E-state index in [4.69, 9.17) is 11.6 Å². The first-order valence-corrected chi connectivity index (χ1v) is 6.07. The van der Waals surface area contributed by atoms with Gasteiger partial charge in [0.1, 0.15) is 0 Å². The Bertz CT molecular complexity index is 481. The minimum atomic E-state index is -2.51. The van der Waals surface area contributed by atoms with E-state index in [2.05, 4.69) is 22.6 Å². The van der Waals surface area contributed by atoms with Gasteiger partial charge in [-0.2, -0.15) is 0 Å². The van der Waals surface area contributed by atoms with Crippen LogP contribution in [0.5, 0.6) is 0 Å². The number of halogens is 4. The van der Waals surface area contributed by atoms with Crippen LogP contribution in [-0.4, -0.2) is 0 Å². The maximum atomic E-state index is 12.5. The highest BCUT2D eigenvalue weighted by Gasteiger charge is 2.14. The van der Waals surface area contributed by atoms with Gasteiger partial charge in [-0.25, -0.2) is 8.78 Å². The number of rotatable bonds is 1. The zero-order valence-corrected chi connectivity index (χ0v) is 10.5. The van der Waals surface area contributed by atoms with Crippen LogP contribution in [0.25, 0.3) is 10.1 Å². The van der Waals surface area contributed by atoms with Crippen molar-refractivity contribution in [3.63, 3.8) is 0 Å². The molecule has 0 aliphatic carbocycles. The summed E-state index contributed by atoms with van der Waals surface area (Å²) in [7, 11) is 0. The lowest BCUT2D eigenvalue weighted by atomic mass is 10.2. The number of thiophene rings is 1. The van der Waals surface area contributed by atoms with Gasteiger partial charge in [0.05, 0.1) is 5.02 Å². The molecule has 1 aromatic carbocycles. The Kier molecular flexibility index (Phi) is 2.95. The molecule has 0 amide bonds. The molecule has 0 saturated heterocycles. The van der Waals surface area contributed by atoms with Crippen LogP contribution in [0.4, 0.5) is 8.78 Å². The highest BCUT2D eigenvalue weighted by atomic mass is 127. The summed E-state index contributed by atoms with van der Waals surface area (Å²) in [4.78, 5) is 0. The molecule has 0 aliphatic rings. The Morgan fingerprint density at radius 3 is 2.71 bits per heavy atom. The molecule has 2 aromatic rings. The summed E-state index contributed by atoms with van der Waals surface area (Å²) < 4.78 is 27.0. The fraction of sp³-hybridized carbons (Fsp3) is 0.111. The molecule has 0 unspecified atom stereocenters. The Hall–Kier alpha value is 0.0600. The molecular formula is C9H4ClF2IS. The quantitative estimate of drug-likeness (QED) is 0.632. The van der Waals surface area contributed by atoms with E-state index in [0.29, 0.717) is 0 Å². The fourth-order valence-electron chi connectivity index (χ4n) is 1.20. The third-order valence-corrected chi connectivity index (χ3v) is 4.47. The van der Waals surface area contributed by atoms with Crippen LogP contribution in [0.3, 0.4) is 0 Å². The van der Waals surface area contributed by atoms with Crippen molar-refractivity contribution in [2.75, 3.05) is 0 Å². The van der Waals surface area contributed by atoms with Gasteiger partial charge in [0.15, 0.2) is 0 Å². The average molecular weight is 345 g/mol. The molecule has 0 radical (unpaired) electrons. The highest BCUT2D eigenvalue weighted by molar-refractivity contribution is 14.1. The van der Waals surface area contributed by atoms with Crippen LogP contribution in [-0.2, 0) is 0 Å². The summed E-state index contributed by atoms with van der Waals surface area (Å²) in [6.45, 7) is 0. The maximum Gasteiger partial charge on any atom is 0.265 e. The van der Waals surface area contributed by atoms with Crippen LogP contribution in [0.2, 0.25) is 5.02 Å². The fourth-order valence-corrected chi connectivity index (χ4v) is 3.36. The topological polar surface area (TPSA) is 0 Å². The summed E-state index contributed by atoms with van der Waals surface area (Å²) in [5.74, 6) is 0. The van der Waals surface area contributed by atoms with Gasteiger partial charge in [0, 0.05) is 24.6 Å². The van der Waals surface area contributed by atoms with E-state index in [-0.39, 0.29) is 10.6 Å². The van der Waals surface area contributed by atoms with Gasteiger partial charge in [-0.3, -0.25) is 0 Å². The molecule has 0 nitrogen and oxygen atoms in total. The molecule has 2 rings (SSSR count). The lowest BCUT2D eigenvalue weighted by Crippen LogP contribution is -1.85. The van der Waals surface area contributed by atoms with Crippen LogP contribution in [0, 0.1) is 3.57 Å². The number of benzene rings is 1. The van der Waals surface area contributed by atoms with Crippen molar-refractivity contribution in [2.45, 2.75) is 6.43 Å². The van der Waals surface area contributed by atoms with Gasteiger partial charge >= 0.3 is 0 Å². The molecule has 0 saturated carbocycles. The summed E-state index contributed by atoms with van der Waals surface area (Å²) >= 11 is 9.37. The first-order valence-electron chi connectivity index (χ1n) is 3.74. The summed E-state index contributed by atoms with van der Waals surface area (Å²) in [5, 5.41) is 2.93. The smallest absolute Gasteiger partial charge is 0.205 e. The third-order valence-electron chi connectivity index (χ3n) is 1.88. The molecule has 0 aliphatic heterocycles. The van der Waals surface area contributed by atoms with Crippen molar-refractivity contribution in [1.29, 1.82) is 0 Å². The molecule has 0 spiro atoms. The maximum absolute atomic E-state index is 12.5. The van der Waals surface area contributed by atoms with Gasteiger partial charge in [0.25, 0.3) is 6.43 Å². The van der Waals surface area contributed by atoms with Gasteiger partial charge in [-0.05, 0) is 34.7 Å². The summed E-state index contributed by atoms with van der Waals surface area (Å²) in [5.41, 5.74) is -0.0875. The minimum absolute atomic E-state index is 0.0875. The van der Waals surface area contributed by atoms with Crippen molar-refractivity contribution in [3.8, 4) is 0 Å². The van der Waals surface area contributed by atoms with Crippen molar-refractivity contribution in [1.82, 2.24) is 0 Å². The monoisotopic (exact) mass is 344 g/mol. The first-order chi connectivity index (χ1) is 6.59. The Balaban J connectivity index is 2.74. The molecule has 74 valence electrons. The second kappa shape index (κ2) is 3.90. The van der Waals surface area contributed by atoms with Crippen LogP contribution in [0.15, 0.2) is 17.5 Å². The van der Waals surface area contributed by atoms with Gasteiger partial charge < -0.3 is 0 Å². The van der Waals surface area contributed by atoms with Gasteiger partial charge in [0.2, 0.25) is 0 Å². The molecule has 0 N–H and O–H groups in total.